The van der Waals surface area contributed by atoms with Crippen molar-refractivity contribution in [2.45, 2.75) is 12.8 Å². The summed E-state index contributed by atoms with van der Waals surface area (Å²) in [6.45, 7) is 0. The number of carbonyl (C=O) groups excluding carboxylic acids is 2. The van der Waals surface area contributed by atoms with Gasteiger partial charge in [0.2, 0.25) is 0 Å². The molecule has 0 saturated carbocycles. The minimum Gasteiger partial charge on any atom is -0.469 e. The van der Waals surface area contributed by atoms with Crippen molar-refractivity contribution in [3.63, 3.8) is 0 Å². The van der Waals surface area contributed by atoms with E-state index in [1.54, 1.807) is 0 Å². The molecule has 4 nitrogen and oxygen atoms in total. The molecule has 22 heavy (non-hydrogen) atoms. The van der Waals surface area contributed by atoms with Gasteiger partial charge in [-0.3, -0.25) is 9.59 Å². The molecular formula is C18H18O4. The molecule has 2 aromatic carbocycles. The van der Waals surface area contributed by atoms with Crippen LogP contribution in [0.15, 0.2) is 48.5 Å². The van der Waals surface area contributed by atoms with Crippen molar-refractivity contribution in [1.82, 2.24) is 0 Å². The summed E-state index contributed by atoms with van der Waals surface area (Å²) < 4.78 is 9.43. The molecule has 114 valence electrons. The molecule has 0 fully saturated rings. The van der Waals surface area contributed by atoms with Gasteiger partial charge in [0.05, 0.1) is 27.1 Å². The van der Waals surface area contributed by atoms with Crippen LogP contribution in [0.25, 0.3) is 11.1 Å². The number of esters is 2. The van der Waals surface area contributed by atoms with Crippen molar-refractivity contribution in [2.75, 3.05) is 14.2 Å². The maximum absolute atomic E-state index is 11.6. The Morgan fingerprint density at radius 3 is 1.95 bits per heavy atom. The Labute approximate surface area is 129 Å². The predicted molar refractivity (Wildman–Crippen MR) is 83.3 cm³/mol. The monoisotopic (exact) mass is 298 g/mol. The summed E-state index contributed by atoms with van der Waals surface area (Å²) in [5, 5.41) is 0. The molecule has 0 unspecified atom stereocenters. The maximum Gasteiger partial charge on any atom is 0.309 e. The smallest absolute Gasteiger partial charge is 0.309 e. The molecule has 0 aromatic heterocycles. The zero-order valence-corrected chi connectivity index (χ0v) is 12.7. The molecule has 4 heteroatoms. The number of hydrogen-bond donors (Lipinski definition) is 0. The molecule has 0 saturated heterocycles. The van der Waals surface area contributed by atoms with Crippen LogP contribution in [0.3, 0.4) is 0 Å². The summed E-state index contributed by atoms with van der Waals surface area (Å²) in [5.74, 6) is -0.671. The van der Waals surface area contributed by atoms with Crippen molar-refractivity contribution < 1.29 is 19.1 Å². The van der Waals surface area contributed by atoms with E-state index in [0.29, 0.717) is 0 Å². The van der Waals surface area contributed by atoms with Crippen LogP contribution in [0.1, 0.15) is 11.1 Å². The van der Waals surface area contributed by atoms with Gasteiger partial charge in [0, 0.05) is 0 Å². The van der Waals surface area contributed by atoms with Gasteiger partial charge in [0.15, 0.2) is 0 Å². The van der Waals surface area contributed by atoms with E-state index in [1.165, 1.54) is 14.2 Å². The lowest BCUT2D eigenvalue weighted by atomic mass is 9.96. The van der Waals surface area contributed by atoms with Crippen LogP contribution in [0.2, 0.25) is 0 Å². The summed E-state index contributed by atoms with van der Waals surface area (Å²) in [7, 11) is 2.70. The fraction of sp³-hybridized carbons (Fsp3) is 0.222. The van der Waals surface area contributed by atoms with Gasteiger partial charge in [0.1, 0.15) is 0 Å². The van der Waals surface area contributed by atoms with Crippen LogP contribution < -0.4 is 0 Å². The van der Waals surface area contributed by atoms with E-state index < -0.39 is 0 Å². The van der Waals surface area contributed by atoms with Crippen molar-refractivity contribution in [2.24, 2.45) is 0 Å². The number of methoxy groups -OCH3 is 2. The number of rotatable bonds is 5. The quantitative estimate of drug-likeness (QED) is 0.797. The third-order valence-electron chi connectivity index (χ3n) is 3.44. The minimum absolute atomic E-state index is 0.128. The molecule has 0 aliphatic carbocycles. The van der Waals surface area contributed by atoms with Gasteiger partial charge >= 0.3 is 11.9 Å². The first-order chi connectivity index (χ1) is 10.6. The van der Waals surface area contributed by atoms with E-state index in [-0.39, 0.29) is 24.8 Å². The molecule has 0 spiro atoms. The van der Waals surface area contributed by atoms with Gasteiger partial charge in [0.25, 0.3) is 0 Å². The number of carbonyl (C=O) groups is 2. The van der Waals surface area contributed by atoms with Crippen molar-refractivity contribution in [3.8, 4) is 11.1 Å². The summed E-state index contributed by atoms with van der Waals surface area (Å²) in [5.41, 5.74) is 3.60. The number of hydrogen-bond acceptors (Lipinski definition) is 4. The second-order valence-electron chi connectivity index (χ2n) is 4.86. The number of ether oxygens (including phenoxy) is 2. The highest BCUT2D eigenvalue weighted by Crippen LogP contribution is 2.23. The molecule has 2 rings (SSSR count). The van der Waals surface area contributed by atoms with Gasteiger partial charge in [-0.15, -0.1) is 0 Å². The van der Waals surface area contributed by atoms with Gasteiger partial charge in [-0.05, 0) is 22.3 Å². The van der Waals surface area contributed by atoms with E-state index in [2.05, 4.69) is 0 Å². The maximum atomic E-state index is 11.6. The summed E-state index contributed by atoms with van der Waals surface area (Å²) in [4.78, 5) is 23.1. The van der Waals surface area contributed by atoms with Crippen LogP contribution in [0.5, 0.6) is 0 Å². The van der Waals surface area contributed by atoms with Crippen molar-refractivity contribution >= 4 is 11.9 Å². The third-order valence-corrected chi connectivity index (χ3v) is 3.44. The Balaban J connectivity index is 2.38. The van der Waals surface area contributed by atoms with Crippen LogP contribution in [-0.2, 0) is 31.9 Å². The second-order valence-corrected chi connectivity index (χ2v) is 4.86. The highest BCUT2D eigenvalue weighted by atomic mass is 16.5. The Kier molecular flexibility index (Phi) is 5.31. The average molecular weight is 298 g/mol. The van der Waals surface area contributed by atoms with Gasteiger partial charge < -0.3 is 9.47 Å². The lowest BCUT2D eigenvalue weighted by Crippen LogP contribution is -2.11. The molecule has 0 bridgehead atoms. The fourth-order valence-electron chi connectivity index (χ4n) is 2.23. The zero-order chi connectivity index (χ0) is 15.9. The predicted octanol–water partition coefficient (Wildman–Crippen LogP) is 2.78. The standard InChI is InChI=1S/C18H18O4/c1-21-17(19)11-15-9-8-14(13-6-4-3-5-7-13)10-16(15)12-18(20)22-2/h3-10H,11-12H2,1-2H3. The Morgan fingerprint density at radius 1 is 0.773 bits per heavy atom. The van der Waals surface area contributed by atoms with Crippen molar-refractivity contribution in [3.05, 3.63) is 59.7 Å². The van der Waals surface area contributed by atoms with Crippen LogP contribution in [0, 0.1) is 0 Å². The Bertz CT molecular complexity index is 662. The van der Waals surface area contributed by atoms with Crippen LogP contribution >= 0.6 is 0 Å². The summed E-state index contributed by atoms with van der Waals surface area (Å²) in [6, 6.07) is 15.6. The largest absolute Gasteiger partial charge is 0.469 e. The highest BCUT2D eigenvalue weighted by molar-refractivity contribution is 5.78. The molecule has 0 amide bonds. The lowest BCUT2D eigenvalue weighted by molar-refractivity contribution is -0.141. The molecule has 0 atom stereocenters. The normalized spacial score (nSPS) is 10.1. The Morgan fingerprint density at radius 2 is 1.36 bits per heavy atom. The van der Waals surface area contributed by atoms with E-state index in [9.17, 15) is 9.59 Å². The van der Waals surface area contributed by atoms with Crippen LogP contribution in [-0.4, -0.2) is 26.2 Å². The Hall–Kier alpha value is -2.62. The van der Waals surface area contributed by atoms with Gasteiger partial charge in [-0.25, -0.2) is 0 Å². The molecule has 0 N–H and O–H groups in total. The van der Waals surface area contributed by atoms with E-state index >= 15 is 0 Å². The first kappa shape index (κ1) is 15.8. The van der Waals surface area contributed by atoms with Gasteiger partial charge in [-0.1, -0.05) is 48.5 Å². The second kappa shape index (κ2) is 7.41. The van der Waals surface area contributed by atoms with E-state index in [1.807, 2.05) is 48.5 Å². The summed E-state index contributed by atoms with van der Waals surface area (Å²) in [6.07, 6.45) is 0.265. The highest BCUT2D eigenvalue weighted by Gasteiger charge is 2.13. The fourth-order valence-corrected chi connectivity index (χ4v) is 2.23. The first-order valence-corrected chi connectivity index (χ1v) is 6.95. The SMILES string of the molecule is COC(=O)Cc1ccc(-c2ccccc2)cc1CC(=O)OC. The zero-order valence-electron chi connectivity index (χ0n) is 12.7. The molecular weight excluding hydrogens is 280 g/mol. The average Bonchev–Trinajstić information content (AvgIpc) is 2.56. The lowest BCUT2D eigenvalue weighted by Gasteiger charge is -2.11. The molecule has 0 radical (unpaired) electrons. The molecule has 0 aliphatic rings. The number of benzene rings is 2. The van der Waals surface area contributed by atoms with Crippen LogP contribution in [0.4, 0.5) is 0 Å². The molecule has 0 heterocycles. The molecule has 0 aliphatic heterocycles. The first-order valence-electron chi connectivity index (χ1n) is 6.95. The van der Waals surface area contributed by atoms with E-state index in [4.69, 9.17) is 9.47 Å². The minimum atomic E-state index is -0.337. The van der Waals surface area contributed by atoms with E-state index in [0.717, 1.165) is 22.3 Å². The summed E-state index contributed by atoms with van der Waals surface area (Å²) >= 11 is 0. The van der Waals surface area contributed by atoms with Gasteiger partial charge in [-0.2, -0.15) is 0 Å². The van der Waals surface area contributed by atoms with Crippen molar-refractivity contribution in [1.29, 1.82) is 0 Å². The molecule has 2 aromatic rings. The third kappa shape index (κ3) is 3.95. The topological polar surface area (TPSA) is 52.6 Å².